The minimum Gasteiger partial charge on any atom is -0.462 e. The van der Waals surface area contributed by atoms with Gasteiger partial charge >= 0.3 is 17.9 Å². The second-order valence-electron chi connectivity index (χ2n) is 18.1. The fourth-order valence-corrected chi connectivity index (χ4v) is 7.66. The maximum Gasteiger partial charge on any atom is 0.306 e. The number of hydrogen-bond acceptors (Lipinski definition) is 6. The molecule has 0 spiro atoms. The molecule has 0 saturated heterocycles. The zero-order chi connectivity index (χ0) is 46.5. The minimum atomic E-state index is -0.781. The number of carbonyl (C=O) groups excluding carboxylic acids is 3. The molecule has 1 atom stereocenters. The Morgan fingerprint density at radius 2 is 0.609 bits per heavy atom. The Bertz CT molecular complexity index is 1170. The first-order chi connectivity index (χ1) is 31.5. The van der Waals surface area contributed by atoms with Gasteiger partial charge in [-0.1, -0.05) is 229 Å². The number of rotatable bonds is 49. The summed E-state index contributed by atoms with van der Waals surface area (Å²) in [6.07, 6.45) is 64.9. The molecule has 0 aromatic carbocycles. The second kappa shape index (κ2) is 52.7. The highest BCUT2D eigenvalue weighted by Gasteiger charge is 2.19. The van der Waals surface area contributed by atoms with Crippen molar-refractivity contribution in [2.24, 2.45) is 0 Å². The zero-order valence-corrected chi connectivity index (χ0v) is 42.3. The van der Waals surface area contributed by atoms with Crippen molar-refractivity contribution in [3.63, 3.8) is 0 Å². The van der Waals surface area contributed by atoms with Crippen molar-refractivity contribution in [3.8, 4) is 0 Å². The highest BCUT2D eigenvalue weighted by atomic mass is 16.6. The van der Waals surface area contributed by atoms with Gasteiger partial charge in [0.1, 0.15) is 13.2 Å². The van der Waals surface area contributed by atoms with Gasteiger partial charge in [0.25, 0.3) is 0 Å². The highest BCUT2D eigenvalue weighted by Crippen LogP contribution is 2.16. The predicted octanol–water partition coefficient (Wildman–Crippen LogP) is 18.0. The van der Waals surface area contributed by atoms with Gasteiger partial charge in [0.2, 0.25) is 0 Å². The molecule has 0 fully saturated rings. The number of allylic oxidation sites excluding steroid dienone is 10. The summed E-state index contributed by atoms with van der Waals surface area (Å²) in [6.45, 7) is 6.50. The van der Waals surface area contributed by atoms with E-state index in [-0.39, 0.29) is 31.1 Å². The van der Waals surface area contributed by atoms with E-state index >= 15 is 0 Å². The van der Waals surface area contributed by atoms with E-state index in [2.05, 4.69) is 81.5 Å². The van der Waals surface area contributed by atoms with Crippen LogP contribution in [0.4, 0.5) is 0 Å². The molecule has 0 amide bonds. The molecule has 0 aliphatic rings. The Labute approximate surface area is 396 Å². The van der Waals surface area contributed by atoms with Crippen molar-refractivity contribution in [1.29, 1.82) is 0 Å². The summed E-state index contributed by atoms with van der Waals surface area (Å²) in [5, 5.41) is 0. The van der Waals surface area contributed by atoms with Crippen LogP contribution in [-0.4, -0.2) is 37.2 Å². The third-order valence-corrected chi connectivity index (χ3v) is 11.8. The van der Waals surface area contributed by atoms with Gasteiger partial charge in [0, 0.05) is 19.3 Å². The molecule has 1 unspecified atom stereocenters. The van der Waals surface area contributed by atoms with Gasteiger partial charge in [-0.2, -0.15) is 0 Å². The maximum atomic E-state index is 12.8. The van der Waals surface area contributed by atoms with Crippen LogP contribution in [0.3, 0.4) is 0 Å². The summed E-state index contributed by atoms with van der Waals surface area (Å²) in [7, 11) is 0. The van der Waals surface area contributed by atoms with Gasteiger partial charge in [0.15, 0.2) is 6.10 Å². The predicted molar refractivity (Wildman–Crippen MR) is 275 cm³/mol. The van der Waals surface area contributed by atoms with Crippen LogP contribution in [0.25, 0.3) is 0 Å². The third kappa shape index (κ3) is 50.1. The van der Waals surface area contributed by atoms with Crippen molar-refractivity contribution < 1.29 is 28.6 Å². The van der Waals surface area contributed by atoms with Gasteiger partial charge in [-0.25, -0.2) is 0 Å². The van der Waals surface area contributed by atoms with E-state index in [0.29, 0.717) is 19.3 Å². The average molecular weight is 895 g/mol. The summed E-state index contributed by atoms with van der Waals surface area (Å²) < 4.78 is 16.8. The van der Waals surface area contributed by atoms with Crippen molar-refractivity contribution in [2.75, 3.05) is 13.2 Å². The van der Waals surface area contributed by atoms with Crippen molar-refractivity contribution >= 4 is 17.9 Å². The number of hydrogen-bond donors (Lipinski definition) is 0. The van der Waals surface area contributed by atoms with Gasteiger partial charge in [-0.15, -0.1) is 0 Å². The van der Waals surface area contributed by atoms with Crippen LogP contribution in [0.1, 0.15) is 271 Å². The number of unbranched alkanes of at least 4 members (excludes halogenated alkanes) is 28. The SMILES string of the molecule is CC/C=C\C/C=C\C/C=C\C/C=C\CCCCCCCCC(=O)OCC(COC(=O)CCCCCCC/C=C\CCCCC)OC(=O)CCCCCCCCCCCCCCCCC. The van der Waals surface area contributed by atoms with E-state index in [1.54, 1.807) is 0 Å². The summed E-state index contributed by atoms with van der Waals surface area (Å²) in [5.74, 6) is -0.894. The lowest BCUT2D eigenvalue weighted by molar-refractivity contribution is -0.167. The van der Waals surface area contributed by atoms with Crippen LogP contribution in [0.2, 0.25) is 0 Å². The lowest BCUT2D eigenvalue weighted by Gasteiger charge is -2.18. The van der Waals surface area contributed by atoms with E-state index in [1.807, 2.05) is 0 Å². The van der Waals surface area contributed by atoms with Crippen molar-refractivity contribution in [2.45, 2.75) is 277 Å². The fourth-order valence-electron chi connectivity index (χ4n) is 7.66. The summed E-state index contributed by atoms with van der Waals surface area (Å²) in [5.41, 5.74) is 0. The van der Waals surface area contributed by atoms with E-state index in [1.165, 1.54) is 135 Å². The number of ether oxygens (including phenoxy) is 3. The molecule has 6 heteroatoms. The Kier molecular flexibility index (Phi) is 50.4. The molecule has 0 aromatic rings. The monoisotopic (exact) mass is 895 g/mol. The second-order valence-corrected chi connectivity index (χ2v) is 18.1. The van der Waals surface area contributed by atoms with E-state index in [0.717, 1.165) is 96.3 Å². The molecular formula is C58H102O6. The molecular weight excluding hydrogens is 793 g/mol. The molecule has 64 heavy (non-hydrogen) atoms. The Hall–Kier alpha value is -2.89. The van der Waals surface area contributed by atoms with Crippen LogP contribution in [0.15, 0.2) is 60.8 Å². The lowest BCUT2D eigenvalue weighted by Crippen LogP contribution is -2.30. The number of carbonyl (C=O) groups is 3. The van der Waals surface area contributed by atoms with Crippen LogP contribution in [0, 0.1) is 0 Å². The fraction of sp³-hybridized carbons (Fsp3) is 0.776. The van der Waals surface area contributed by atoms with Crippen LogP contribution < -0.4 is 0 Å². The highest BCUT2D eigenvalue weighted by molar-refractivity contribution is 5.71. The summed E-state index contributed by atoms with van der Waals surface area (Å²) in [6, 6.07) is 0. The molecule has 0 N–H and O–H groups in total. The molecule has 0 radical (unpaired) electrons. The number of esters is 3. The van der Waals surface area contributed by atoms with Crippen LogP contribution >= 0.6 is 0 Å². The first-order valence-electron chi connectivity index (χ1n) is 27.3. The lowest BCUT2D eigenvalue weighted by atomic mass is 10.0. The standard InChI is InChI=1S/C58H102O6/c1-4-7-10-13-16-19-22-25-27-28-29-30-32-33-36-39-42-45-48-51-57(60)63-54-55(53-62-56(59)50-47-44-41-38-35-24-21-18-15-12-9-6-3)64-58(61)52-49-46-43-40-37-34-31-26-23-20-17-14-11-8-5-2/h7,10,16,18-19,21,25,27,29-30,55H,4-6,8-9,11-15,17,20,22-24,26,28,31-54H2,1-3H3/b10-7-,19-16-,21-18-,27-25-,30-29-. The molecule has 370 valence electrons. The van der Waals surface area contributed by atoms with Crippen molar-refractivity contribution in [1.82, 2.24) is 0 Å². The van der Waals surface area contributed by atoms with E-state index in [9.17, 15) is 14.4 Å². The van der Waals surface area contributed by atoms with Crippen LogP contribution in [-0.2, 0) is 28.6 Å². The first kappa shape index (κ1) is 61.1. The van der Waals surface area contributed by atoms with Crippen molar-refractivity contribution in [3.05, 3.63) is 60.8 Å². The van der Waals surface area contributed by atoms with Gasteiger partial charge in [0.05, 0.1) is 0 Å². The Morgan fingerprint density at radius 3 is 1.00 bits per heavy atom. The molecule has 0 aromatic heterocycles. The van der Waals surface area contributed by atoms with Gasteiger partial charge in [-0.3, -0.25) is 14.4 Å². The Balaban J connectivity index is 4.37. The van der Waals surface area contributed by atoms with E-state index < -0.39 is 6.10 Å². The maximum absolute atomic E-state index is 12.8. The molecule has 0 aliphatic heterocycles. The quantitative estimate of drug-likeness (QED) is 0.0262. The normalized spacial score (nSPS) is 12.5. The summed E-state index contributed by atoms with van der Waals surface area (Å²) >= 11 is 0. The van der Waals surface area contributed by atoms with Gasteiger partial charge in [-0.05, 0) is 83.5 Å². The molecule has 0 rings (SSSR count). The van der Waals surface area contributed by atoms with Crippen LogP contribution in [0.5, 0.6) is 0 Å². The Morgan fingerprint density at radius 1 is 0.328 bits per heavy atom. The largest absolute Gasteiger partial charge is 0.462 e. The van der Waals surface area contributed by atoms with Gasteiger partial charge < -0.3 is 14.2 Å². The van der Waals surface area contributed by atoms with E-state index in [4.69, 9.17) is 14.2 Å². The summed E-state index contributed by atoms with van der Waals surface area (Å²) in [4.78, 5) is 38.0. The molecule has 0 aliphatic carbocycles. The smallest absolute Gasteiger partial charge is 0.306 e. The molecule has 0 saturated carbocycles. The molecule has 0 heterocycles. The average Bonchev–Trinajstić information content (AvgIpc) is 3.29. The minimum absolute atomic E-state index is 0.0811. The third-order valence-electron chi connectivity index (χ3n) is 11.8. The topological polar surface area (TPSA) is 78.9 Å². The molecule has 6 nitrogen and oxygen atoms in total. The first-order valence-corrected chi connectivity index (χ1v) is 27.3. The molecule has 0 bridgehead atoms. The zero-order valence-electron chi connectivity index (χ0n) is 42.3.